The van der Waals surface area contributed by atoms with Gasteiger partial charge in [0.05, 0.1) is 0 Å². The van der Waals surface area contributed by atoms with E-state index in [1.165, 1.54) is 10.4 Å². The quantitative estimate of drug-likeness (QED) is 0.920. The van der Waals surface area contributed by atoms with Crippen LogP contribution in [0.5, 0.6) is 0 Å². The Balaban J connectivity index is 1.67. The van der Waals surface area contributed by atoms with Gasteiger partial charge in [0.25, 0.3) is 0 Å². The maximum absolute atomic E-state index is 3.53. The molecule has 1 aromatic heterocycles. The van der Waals surface area contributed by atoms with Gasteiger partial charge in [0, 0.05) is 37.1 Å². The summed E-state index contributed by atoms with van der Waals surface area (Å²) >= 11 is 1.86. The van der Waals surface area contributed by atoms with Crippen LogP contribution in [-0.2, 0) is 13.0 Å². The summed E-state index contributed by atoms with van der Waals surface area (Å²) in [7, 11) is 0. The first-order chi connectivity index (χ1) is 9.42. The van der Waals surface area contributed by atoms with Crippen LogP contribution in [0.2, 0.25) is 0 Å². The van der Waals surface area contributed by atoms with Crippen molar-refractivity contribution in [1.29, 1.82) is 0 Å². The minimum atomic E-state index is 0.609. The third-order valence-corrected chi connectivity index (χ3v) is 4.59. The molecule has 3 rings (SSSR count). The predicted molar refractivity (Wildman–Crippen MR) is 81.5 cm³/mol. The Labute approximate surface area is 119 Å². The van der Waals surface area contributed by atoms with Gasteiger partial charge < -0.3 is 5.32 Å². The van der Waals surface area contributed by atoms with Crippen molar-refractivity contribution in [2.24, 2.45) is 0 Å². The third kappa shape index (κ3) is 3.44. The van der Waals surface area contributed by atoms with E-state index in [4.69, 9.17) is 0 Å². The summed E-state index contributed by atoms with van der Waals surface area (Å²) in [6.07, 6.45) is 1.14. The first-order valence-electron chi connectivity index (χ1n) is 6.93. The summed E-state index contributed by atoms with van der Waals surface area (Å²) in [5.74, 6) is 0. The summed E-state index contributed by atoms with van der Waals surface area (Å²) in [5.41, 5.74) is 1.44. The molecule has 1 fully saturated rings. The van der Waals surface area contributed by atoms with Gasteiger partial charge in [0.1, 0.15) is 0 Å². The van der Waals surface area contributed by atoms with Crippen molar-refractivity contribution < 1.29 is 0 Å². The standard InChI is InChI=1S/C16H20N2S/c1-2-5-14(6-3-1)11-15-12-17-8-9-18(15)13-16-7-4-10-19-16/h1-7,10,15,17H,8-9,11-13H2. The molecule has 1 saturated heterocycles. The van der Waals surface area contributed by atoms with Crippen LogP contribution in [0.15, 0.2) is 47.8 Å². The Morgan fingerprint density at radius 2 is 2.05 bits per heavy atom. The second-order valence-corrected chi connectivity index (χ2v) is 6.13. The molecule has 1 unspecified atom stereocenters. The fraction of sp³-hybridized carbons (Fsp3) is 0.375. The van der Waals surface area contributed by atoms with Crippen molar-refractivity contribution in [3.8, 4) is 0 Å². The lowest BCUT2D eigenvalue weighted by Crippen LogP contribution is -2.51. The van der Waals surface area contributed by atoms with E-state index in [-0.39, 0.29) is 0 Å². The average Bonchev–Trinajstić information content (AvgIpc) is 2.95. The van der Waals surface area contributed by atoms with E-state index < -0.39 is 0 Å². The van der Waals surface area contributed by atoms with Gasteiger partial charge in [-0.3, -0.25) is 4.90 Å². The van der Waals surface area contributed by atoms with Crippen LogP contribution in [-0.4, -0.2) is 30.6 Å². The van der Waals surface area contributed by atoms with Gasteiger partial charge in [-0.25, -0.2) is 0 Å². The maximum Gasteiger partial charge on any atom is 0.0332 e. The second kappa shape index (κ2) is 6.33. The highest BCUT2D eigenvalue weighted by molar-refractivity contribution is 7.09. The molecule has 0 aliphatic carbocycles. The molecule has 1 N–H and O–H groups in total. The maximum atomic E-state index is 3.53. The molecule has 19 heavy (non-hydrogen) atoms. The van der Waals surface area contributed by atoms with Crippen molar-refractivity contribution in [2.75, 3.05) is 19.6 Å². The van der Waals surface area contributed by atoms with E-state index in [2.05, 4.69) is 58.1 Å². The number of benzene rings is 1. The van der Waals surface area contributed by atoms with E-state index in [9.17, 15) is 0 Å². The molecule has 2 aromatic rings. The van der Waals surface area contributed by atoms with Gasteiger partial charge in [0.2, 0.25) is 0 Å². The van der Waals surface area contributed by atoms with E-state index in [0.29, 0.717) is 6.04 Å². The van der Waals surface area contributed by atoms with Crippen molar-refractivity contribution in [3.05, 3.63) is 58.3 Å². The van der Waals surface area contributed by atoms with Crippen molar-refractivity contribution in [1.82, 2.24) is 10.2 Å². The first kappa shape index (κ1) is 12.9. The Hall–Kier alpha value is -1.16. The highest BCUT2D eigenvalue weighted by Crippen LogP contribution is 2.17. The lowest BCUT2D eigenvalue weighted by molar-refractivity contribution is 0.153. The second-order valence-electron chi connectivity index (χ2n) is 5.10. The summed E-state index contributed by atoms with van der Waals surface area (Å²) in [5, 5.41) is 5.70. The lowest BCUT2D eigenvalue weighted by Gasteiger charge is -2.36. The monoisotopic (exact) mass is 272 g/mol. The smallest absolute Gasteiger partial charge is 0.0332 e. The van der Waals surface area contributed by atoms with Crippen molar-refractivity contribution >= 4 is 11.3 Å². The molecule has 0 spiro atoms. The highest BCUT2D eigenvalue weighted by atomic mass is 32.1. The molecule has 0 amide bonds. The topological polar surface area (TPSA) is 15.3 Å². The summed E-state index contributed by atoms with van der Waals surface area (Å²) < 4.78 is 0. The molecule has 3 heteroatoms. The van der Waals surface area contributed by atoms with Crippen LogP contribution < -0.4 is 5.32 Å². The number of thiophene rings is 1. The molecule has 2 heterocycles. The van der Waals surface area contributed by atoms with Crippen molar-refractivity contribution in [3.63, 3.8) is 0 Å². The molecule has 100 valence electrons. The Morgan fingerprint density at radius 1 is 1.16 bits per heavy atom. The van der Waals surface area contributed by atoms with Crippen LogP contribution in [0.3, 0.4) is 0 Å². The Morgan fingerprint density at radius 3 is 2.84 bits per heavy atom. The predicted octanol–water partition coefficient (Wildman–Crippen LogP) is 2.76. The minimum Gasteiger partial charge on any atom is -0.314 e. The molecule has 0 bridgehead atoms. The molecular weight excluding hydrogens is 252 g/mol. The van der Waals surface area contributed by atoms with E-state index in [1.54, 1.807) is 0 Å². The molecule has 1 aliphatic rings. The number of rotatable bonds is 4. The van der Waals surface area contributed by atoms with Gasteiger partial charge in [0.15, 0.2) is 0 Å². The number of piperazine rings is 1. The van der Waals surface area contributed by atoms with Gasteiger partial charge in [-0.15, -0.1) is 11.3 Å². The molecule has 0 radical (unpaired) electrons. The number of nitrogens with one attached hydrogen (secondary N) is 1. The minimum absolute atomic E-state index is 0.609. The molecule has 2 nitrogen and oxygen atoms in total. The molecule has 1 aliphatic heterocycles. The Bertz CT molecular complexity index is 481. The summed E-state index contributed by atoms with van der Waals surface area (Å²) in [6.45, 7) is 4.45. The van der Waals surface area contributed by atoms with Crippen LogP contribution in [0, 0.1) is 0 Å². The van der Waals surface area contributed by atoms with E-state index in [1.807, 2.05) is 11.3 Å². The zero-order valence-electron chi connectivity index (χ0n) is 11.1. The van der Waals surface area contributed by atoms with E-state index in [0.717, 1.165) is 32.6 Å². The lowest BCUT2D eigenvalue weighted by atomic mass is 10.0. The van der Waals surface area contributed by atoms with Crippen LogP contribution in [0.1, 0.15) is 10.4 Å². The number of hydrogen-bond donors (Lipinski definition) is 1. The zero-order valence-corrected chi connectivity index (χ0v) is 11.9. The fourth-order valence-electron chi connectivity index (χ4n) is 2.70. The van der Waals surface area contributed by atoms with Crippen LogP contribution in [0.25, 0.3) is 0 Å². The highest BCUT2D eigenvalue weighted by Gasteiger charge is 2.22. The fourth-order valence-corrected chi connectivity index (χ4v) is 3.43. The van der Waals surface area contributed by atoms with Gasteiger partial charge in [-0.1, -0.05) is 36.4 Å². The molecule has 0 saturated carbocycles. The molecule has 1 atom stereocenters. The third-order valence-electron chi connectivity index (χ3n) is 3.73. The number of hydrogen-bond acceptors (Lipinski definition) is 3. The summed E-state index contributed by atoms with van der Waals surface area (Å²) in [4.78, 5) is 4.09. The largest absolute Gasteiger partial charge is 0.314 e. The van der Waals surface area contributed by atoms with E-state index >= 15 is 0 Å². The normalized spacial score (nSPS) is 20.5. The van der Waals surface area contributed by atoms with Crippen LogP contribution in [0.4, 0.5) is 0 Å². The molecule has 1 aromatic carbocycles. The van der Waals surface area contributed by atoms with Gasteiger partial charge in [-0.05, 0) is 23.4 Å². The average molecular weight is 272 g/mol. The zero-order chi connectivity index (χ0) is 12.9. The summed E-state index contributed by atoms with van der Waals surface area (Å²) in [6, 6.07) is 15.8. The first-order valence-corrected chi connectivity index (χ1v) is 7.81. The van der Waals surface area contributed by atoms with Gasteiger partial charge >= 0.3 is 0 Å². The van der Waals surface area contributed by atoms with Crippen LogP contribution >= 0.6 is 11.3 Å². The Kier molecular flexibility index (Phi) is 4.28. The number of nitrogens with zero attached hydrogens (tertiary/aromatic N) is 1. The van der Waals surface area contributed by atoms with Gasteiger partial charge in [-0.2, -0.15) is 0 Å². The molecular formula is C16H20N2S. The SMILES string of the molecule is c1ccc(CC2CNCCN2Cc2cccs2)cc1. The van der Waals surface area contributed by atoms with Crippen molar-refractivity contribution in [2.45, 2.75) is 19.0 Å².